The van der Waals surface area contributed by atoms with Gasteiger partial charge in [0.25, 0.3) is 0 Å². The maximum Gasteiger partial charge on any atom is 0.224 e. The quantitative estimate of drug-likeness (QED) is 0.521. The predicted molar refractivity (Wildman–Crippen MR) is 109 cm³/mol. The van der Waals surface area contributed by atoms with Gasteiger partial charge in [-0.15, -0.1) is 5.10 Å². The highest BCUT2D eigenvalue weighted by Crippen LogP contribution is 2.25. The molecule has 6 nitrogen and oxygen atoms in total. The lowest BCUT2D eigenvalue weighted by molar-refractivity contribution is -0.126. The zero-order valence-electron chi connectivity index (χ0n) is 15.2. The molecule has 0 bridgehead atoms. The Morgan fingerprint density at radius 3 is 3.04 bits per heavy atom. The summed E-state index contributed by atoms with van der Waals surface area (Å²) in [5.74, 6) is 1.68. The predicted octanol–water partition coefficient (Wildman–Crippen LogP) is 3.54. The van der Waals surface area contributed by atoms with Crippen molar-refractivity contribution in [2.45, 2.75) is 31.5 Å². The van der Waals surface area contributed by atoms with Crippen LogP contribution in [0.15, 0.2) is 23.4 Å². The van der Waals surface area contributed by atoms with Crippen LogP contribution in [0.2, 0.25) is 10.0 Å². The van der Waals surface area contributed by atoms with E-state index in [1.807, 2.05) is 19.1 Å². The van der Waals surface area contributed by atoms with Crippen molar-refractivity contribution in [3.05, 3.63) is 39.6 Å². The average Bonchev–Trinajstić information content (AvgIpc) is 3.06. The van der Waals surface area contributed by atoms with Crippen LogP contribution in [0.25, 0.3) is 0 Å². The zero-order chi connectivity index (χ0) is 19.2. The van der Waals surface area contributed by atoms with E-state index in [9.17, 15) is 4.79 Å². The van der Waals surface area contributed by atoms with Crippen LogP contribution < -0.4 is 5.32 Å². The summed E-state index contributed by atoms with van der Waals surface area (Å²) in [7, 11) is 0. The van der Waals surface area contributed by atoms with Gasteiger partial charge in [0.2, 0.25) is 11.1 Å². The lowest BCUT2D eigenvalue weighted by atomic mass is 9.96. The largest absolute Gasteiger partial charge is 0.355 e. The molecule has 2 N–H and O–H groups in total. The van der Waals surface area contributed by atoms with Gasteiger partial charge in [0.05, 0.1) is 5.92 Å². The van der Waals surface area contributed by atoms with Gasteiger partial charge in [0.15, 0.2) is 0 Å². The molecule has 0 spiro atoms. The van der Waals surface area contributed by atoms with Crippen LogP contribution in [0.5, 0.6) is 0 Å². The van der Waals surface area contributed by atoms with Gasteiger partial charge < -0.3 is 5.32 Å². The number of benzene rings is 1. The number of aromatic nitrogens is 3. The number of nitrogens with one attached hydrogen (secondary N) is 2. The van der Waals surface area contributed by atoms with Crippen LogP contribution in [0.4, 0.5) is 0 Å². The minimum Gasteiger partial charge on any atom is -0.355 e. The highest BCUT2D eigenvalue weighted by Gasteiger charge is 2.25. The van der Waals surface area contributed by atoms with E-state index < -0.39 is 0 Å². The second-order valence-electron chi connectivity index (χ2n) is 6.65. The number of hydrogen-bond donors (Lipinski definition) is 2. The standard InChI is InChI=1S/C18H23Cl2N5OS/c1-12-22-18(24-23-12)27-8-6-21-17(26)14-3-2-7-25(11-14)10-13-4-5-15(19)9-16(13)20/h4-5,9,14H,2-3,6-8,10-11H2,1H3,(H,21,26)(H,22,23,24)/t14-/m0/s1. The molecule has 1 aromatic heterocycles. The molecule has 9 heteroatoms. The number of amides is 1. The monoisotopic (exact) mass is 427 g/mol. The second kappa shape index (κ2) is 9.78. The number of H-pyrrole nitrogens is 1. The van der Waals surface area contributed by atoms with Crippen LogP contribution in [0.1, 0.15) is 24.2 Å². The fourth-order valence-corrected chi connectivity index (χ4v) is 4.32. The normalized spacial score (nSPS) is 17.8. The maximum absolute atomic E-state index is 12.5. The van der Waals surface area contributed by atoms with E-state index >= 15 is 0 Å². The van der Waals surface area contributed by atoms with Crippen molar-refractivity contribution < 1.29 is 4.79 Å². The third kappa shape index (κ3) is 6.10. The fourth-order valence-electron chi connectivity index (χ4n) is 3.15. The van der Waals surface area contributed by atoms with E-state index in [4.69, 9.17) is 23.2 Å². The average molecular weight is 428 g/mol. The summed E-state index contributed by atoms with van der Waals surface area (Å²) in [4.78, 5) is 19.0. The number of halogens is 2. The number of thioether (sulfide) groups is 1. The summed E-state index contributed by atoms with van der Waals surface area (Å²) in [6, 6.07) is 5.57. The summed E-state index contributed by atoms with van der Waals surface area (Å²) >= 11 is 13.8. The highest BCUT2D eigenvalue weighted by molar-refractivity contribution is 7.99. The molecule has 0 aliphatic carbocycles. The van der Waals surface area contributed by atoms with Crippen LogP contribution in [0, 0.1) is 12.8 Å². The summed E-state index contributed by atoms with van der Waals surface area (Å²) in [6.07, 6.45) is 1.93. The van der Waals surface area contributed by atoms with Gasteiger partial charge in [0.1, 0.15) is 5.82 Å². The van der Waals surface area contributed by atoms with Crippen molar-refractivity contribution in [1.82, 2.24) is 25.4 Å². The zero-order valence-corrected chi connectivity index (χ0v) is 17.5. The number of hydrogen-bond acceptors (Lipinski definition) is 5. The lowest BCUT2D eigenvalue weighted by Crippen LogP contribution is -2.43. The molecule has 146 valence electrons. The number of likely N-dealkylation sites (tertiary alicyclic amines) is 1. The number of nitrogens with zero attached hydrogens (tertiary/aromatic N) is 3. The Bertz CT molecular complexity index is 785. The Balaban J connectivity index is 1.43. The molecule has 1 amide bonds. The van der Waals surface area contributed by atoms with E-state index in [1.165, 1.54) is 11.8 Å². The Morgan fingerprint density at radius 2 is 2.30 bits per heavy atom. The first kappa shape index (κ1) is 20.5. The van der Waals surface area contributed by atoms with E-state index in [-0.39, 0.29) is 11.8 Å². The molecule has 1 aliphatic heterocycles. The molecule has 3 rings (SSSR count). The highest BCUT2D eigenvalue weighted by atomic mass is 35.5. The summed E-state index contributed by atoms with van der Waals surface area (Å²) in [5.41, 5.74) is 1.04. The van der Waals surface area contributed by atoms with Crippen molar-refractivity contribution >= 4 is 40.9 Å². The molecular formula is C18H23Cl2N5OS. The molecule has 2 heterocycles. The van der Waals surface area contributed by atoms with Crippen molar-refractivity contribution in [2.24, 2.45) is 5.92 Å². The van der Waals surface area contributed by atoms with Crippen LogP contribution >= 0.6 is 35.0 Å². The molecule has 0 saturated carbocycles. The number of aryl methyl sites for hydroxylation is 1. The van der Waals surface area contributed by atoms with Crippen molar-refractivity contribution in [2.75, 3.05) is 25.4 Å². The Morgan fingerprint density at radius 1 is 1.44 bits per heavy atom. The van der Waals surface area contributed by atoms with E-state index in [1.54, 1.807) is 6.07 Å². The molecule has 1 aliphatic rings. The lowest BCUT2D eigenvalue weighted by Gasteiger charge is -2.32. The minimum atomic E-state index is 0.0144. The van der Waals surface area contributed by atoms with Crippen LogP contribution in [-0.2, 0) is 11.3 Å². The Labute approximate surface area is 173 Å². The van der Waals surface area contributed by atoms with E-state index in [0.717, 1.165) is 49.6 Å². The molecule has 1 saturated heterocycles. The van der Waals surface area contributed by atoms with Crippen molar-refractivity contribution in [3.8, 4) is 0 Å². The maximum atomic E-state index is 12.5. The number of piperidine rings is 1. The number of carbonyl (C=O) groups is 1. The van der Waals surface area contributed by atoms with Crippen molar-refractivity contribution in [1.29, 1.82) is 0 Å². The third-order valence-electron chi connectivity index (χ3n) is 4.49. The molecule has 2 aromatic rings. The Kier molecular flexibility index (Phi) is 7.41. The van der Waals surface area contributed by atoms with Gasteiger partial charge in [0, 0.05) is 35.4 Å². The van der Waals surface area contributed by atoms with Crippen LogP contribution in [-0.4, -0.2) is 51.4 Å². The number of rotatable bonds is 7. The fraction of sp³-hybridized carbons (Fsp3) is 0.500. The molecule has 1 fully saturated rings. The summed E-state index contributed by atoms with van der Waals surface area (Å²) in [5, 5.41) is 11.9. The van der Waals surface area contributed by atoms with E-state index in [2.05, 4.69) is 25.4 Å². The first-order valence-electron chi connectivity index (χ1n) is 8.97. The van der Waals surface area contributed by atoms with Gasteiger partial charge in [-0.05, 0) is 44.0 Å². The molecule has 0 radical (unpaired) electrons. The topological polar surface area (TPSA) is 73.9 Å². The minimum absolute atomic E-state index is 0.0144. The van der Waals surface area contributed by atoms with Gasteiger partial charge in [-0.3, -0.25) is 14.8 Å². The van der Waals surface area contributed by atoms with E-state index in [0.29, 0.717) is 21.7 Å². The number of aromatic amines is 1. The first-order valence-corrected chi connectivity index (χ1v) is 10.7. The molecule has 0 unspecified atom stereocenters. The molecular weight excluding hydrogens is 405 g/mol. The first-order chi connectivity index (χ1) is 13.0. The smallest absolute Gasteiger partial charge is 0.224 e. The van der Waals surface area contributed by atoms with Gasteiger partial charge >= 0.3 is 0 Å². The summed E-state index contributed by atoms with van der Waals surface area (Å²) in [6.45, 7) is 4.93. The van der Waals surface area contributed by atoms with Crippen LogP contribution in [0.3, 0.4) is 0 Å². The molecule has 1 aromatic carbocycles. The molecule has 1 atom stereocenters. The Hall–Kier alpha value is -1.28. The third-order valence-corrected chi connectivity index (χ3v) is 5.93. The summed E-state index contributed by atoms with van der Waals surface area (Å²) < 4.78 is 0. The van der Waals surface area contributed by atoms with Crippen molar-refractivity contribution in [3.63, 3.8) is 0 Å². The van der Waals surface area contributed by atoms with Gasteiger partial charge in [-0.1, -0.05) is 41.0 Å². The van der Waals surface area contributed by atoms with Gasteiger partial charge in [-0.25, -0.2) is 4.98 Å². The van der Waals surface area contributed by atoms with Gasteiger partial charge in [-0.2, -0.15) is 0 Å². The molecule has 27 heavy (non-hydrogen) atoms. The second-order valence-corrected chi connectivity index (χ2v) is 8.56. The number of carbonyl (C=O) groups excluding carboxylic acids is 1. The SMILES string of the molecule is Cc1nc(SCCNC(=O)[C@H]2CCCN(Cc3ccc(Cl)cc3Cl)C2)n[nH]1.